The second kappa shape index (κ2) is 5.48. The lowest BCUT2D eigenvalue weighted by Gasteiger charge is -2.25. The highest BCUT2D eigenvalue weighted by Gasteiger charge is 2.47. The summed E-state index contributed by atoms with van der Waals surface area (Å²) in [6.45, 7) is 0. The zero-order chi connectivity index (χ0) is 14.9. The van der Waals surface area contributed by atoms with Crippen molar-refractivity contribution in [1.29, 1.82) is 0 Å². The van der Waals surface area contributed by atoms with Crippen molar-refractivity contribution in [3.8, 4) is 0 Å². The number of thioether (sulfide) groups is 1. The lowest BCUT2D eigenvalue weighted by atomic mass is 9.81. The van der Waals surface area contributed by atoms with Gasteiger partial charge >= 0.3 is 5.97 Å². The van der Waals surface area contributed by atoms with Crippen LogP contribution in [0.4, 0.5) is 0 Å². The number of carbonyl (C=O) groups is 1. The van der Waals surface area contributed by atoms with E-state index in [1.54, 1.807) is 11.8 Å². The summed E-state index contributed by atoms with van der Waals surface area (Å²) >= 11 is 1.54. The maximum Gasteiger partial charge on any atom is 0.318 e. The van der Waals surface area contributed by atoms with Gasteiger partial charge in [0.1, 0.15) is 11.7 Å². The van der Waals surface area contributed by atoms with E-state index in [4.69, 9.17) is 4.74 Å². The van der Waals surface area contributed by atoms with Crippen LogP contribution in [-0.4, -0.2) is 29.3 Å². The lowest BCUT2D eigenvalue weighted by molar-refractivity contribution is -0.147. The second-order valence-electron chi connectivity index (χ2n) is 5.14. The summed E-state index contributed by atoms with van der Waals surface area (Å²) in [6.07, 6.45) is 4.73. The molecule has 108 valence electrons. The number of ether oxygens (including phenoxy) is 1. The van der Waals surface area contributed by atoms with Crippen LogP contribution in [0.1, 0.15) is 16.8 Å². The fourth-order valence-corrected chi connectivity index (χ4v) is 3.34. The van der Waals surface area contributed by atoms with E-state index in [-0.39, 0.29) is 5.97 Å². The molecule has 1 aromatic carbocycles. The molecule has 1 aromatic heterocycles. The Kier molecular flexibility index (Phi) is 3.68. The molecule has 0 saturated heterocycles. The minimum absolute atomic E-state index is 0.232. The molecule has 0 saturated carbocycles. The van der Waals surface area contributed by atoms with Gasteiger partial charge in [-0.15, -0.1) is 11.8 Å². The first kappa shape index (κ1) is 14.1. The Morgan fingerprint density at radius 1 is 1.24 bits per heavy atom. The average molecular weight is 300 g/mol. The molecule has 1 aliphatic rings. The summed E-state index contributed by atoms with van der Waals surface area (Å²) in [7, 11) is 1.43. The fourth-order valence-electron chi connectivity index (χ4n) is 2.95. The molecule has 2 aromatic rings. The molecule has 0 atom stereocenters. The molecular weight excluding hydrogens is 284 g/mol. The Bertz CT molecular complexity index is 662. The first-order valence-corrected chi connectivity index (χ1v) is 7.94. The quantitative estimate of drug-likeness (QED) is 0.495. The Morgan fingerprint density at radius 2 is 1.90 bits per heavy atom. The summed E-state index contributed by atoms with van der Waals surface area (Å²) < 4.78 is 5.09. The van der Waals surface area contributed by atoms with Crippen molar-refractivity contribution in [3.05, 3.63) is 53.5 Å². The highest BCUT2D eigenvalue weighted by Crippen LogP contribution is 2.40. The number of methoxy groups -OCH3 is 1. The first-order valence-electron chi connectivity index (χ1n) is 6.71. The highest BCUT2D eigenvalue weighted by atomic mass is 32.2. The third-order valence-electron chi connectivity index (χ3n) is 4.02. The Hall–Kier alpha value is -1.88. The minimum atomic E-state index is -0.730. The summed E-state index contributed by atoms with van der Waals surface area (Å²) in [5.41, 5.74) is 2.38. The first-order chi connectivity index (χ1) is 10.2. The topological polar surface area (TPSA) is 52.1 Å². The summed E-state index contributed by atoms with van der Waals surface area (Å²) in [6, 6.07) is 10.0. The van der Waals surface area contributed by atoms with E-state index in [9.17, 15) is 4.79 Å². The summed E-state index contributed by atoms with van der Waals surface area (Å²) in [5.74, 6) is -0.232. The molecule has 0 aliphatic heterocycles. The molecule has 0 N–H and O–H groups in total. The van der Waals surface area contributed by atoms with Gasteiger partial charge in [-0.25, -0.2) is 9.97 Å². The smallest absolute Gasteiger partial charge is 0.318 e. The van der Waals surface area contributed by atoms with Crippen LogP contribution < -0.4 is 0 Å². The van der Waals surface area contributed by atoms with Crippen LogP contribution in [0.25, 0.3) is 0 Å². The monoisotopic (exact) mass is 300 g/mol. The number of aromatic nitrogens is 2. The van der Waals surface area contributed by atoms with Gasteiger partial charge in [-0.1, -0.05) is 24.3 Å². The number of hydrogen-bond donors (Lipinski definition) is 0. The van der Waals surface area contributed by atoms with E-state index in [0.717, 1.165) is 10.7 Å². The van der Waals surface area contributed by atoms with Gasteiger partial charge in [0.05, 0.1) is 17.8 Å². The third kappa shape index (κ3) is 2.31. The molecule has 1 heterocycles. The van der Waals surface area contributed by atoms with Crippen molar-refractivity contribution in [2.45, 2.75) is 23.3 Å². The molecular formula is C16H16N2O2S. The van der Waals surface area contributed by atoms with Crippen LogP contribution in [-0.2, 0) is 27.8 Å². The van der Waals surface area contributed by atoms with Crippen LogP contribution in [0.2, 0.25) is 0 Å². The average Bonchev–Trinajstić information content (AvgIpc) is 2.95. The van der Waals surface area contributed by atoms with Gasteiger partial charge in [-0.2, -0.15) is 0 Å². The SMILES string of the molecule is COC(=O)C1(c2cc(SC)ncn2)Cc2ccccc2C1. The predicted molar refractivity (Wildman–Crippen MR) is 81.4 cm³/mol. The number of benzene rings is 1. The number of nitrogens with zero attached hydrogens (tertiary/aromatic N) is 2. The molecule has 0 bridgehead atoms. The van der Waals surface area contributed by atoms with Gasteiger partial charge in [0.2, 0.25) is 0 Å². The Labute approximate surface area is 128 Å². The number of fused-ring (bicyclic) bond motifs is 1. The third-order valence-corrected chi connectivity index (χ3v) is 4.66. The summed E-state index contributed by atoms with van der Waals surface area (Å²) in [4.78, 5) is 21.1. The largest absolute Gasteiger partial charge is 0.468 e. The highest BCUT2D eigenvalue weighted by molar-refractivity contribution is 7.98. The van der Waals surface area contributed by atoms with Crippen LogP contribution in [0.5, 0.6) is 0 Å². The Balaban J connectivity index is 2.10. The van der Waals surface area contributed by atoms with Gasteiger partial charge in [-0.05, 0) is 36.3 Å². The zero-order valence-electron chi connectivity index (χ0n) is 12.0. The number of esters is 1. The van der Waals surface area contributed by atoms with Gasteiger partial charge in [0.25, 0.3) is 0 Å². The molecule has 0 amide bonds. The Morgan fingerprint density at radius 3 is 2.48 bits per heavy atom. The maximum atomic E-state index is 12.5. The van der Waals surface area contributed by atoms with E-state index < -0.39 is 5.41 Å². The lowest BCUT2D eigenvalue weighted by Crippen LogP contribution is -2.38. The van der Waals surface area contributed by atoms with E-state index >= 15 is 0 Å². The van der Waals surface area contributed by atoms with Crippen LogP contribution in [0.3, 0.4) is 0 Å². The summed E-state index contributed by atoms with van der Waals surface area (Å²) in [5, 5.41) is 0.860. The van der Waals surface area contributed by atoms with Crippen LogP contribution >= 0.6 is 11.8 Å². The normalized spacial score (nSPS) is 15.5. The van der Waals surface area contributed by atoms with Crippen molar-refractivity contribution < 1.29 is 9.53 Å². The number of rotatable bonds is 3. The number of carbonyl (C=O) groups excluding carboxylic acids is 1. The van der Waals surface area contributed by atoms with Gasteiger partial charge in [0, 0.05) is 0 Å². The van der Waals surface area contributed by atoms with Crippen molar-refractivity contribution in [2.24, 2.45) is 0 Å². The molecule has 0 spiro atoms. The fraction of sp³-hybridized carbons (Fsp3) is 0.312. The van der Waals surface area contributed by atoms with Crippen LogP contribution in [0, 0.1) is 0 Å². The molecule has 0 fully saturated rings. The van der Waals surface area contributed by atoms with Crippen LogP contribution in [0.15, 0.2) is 41.7 Å². The zero-order valence-corrected chi connectivity index (χ0v) is 12.8. The molecule has 4 nitrogen and oxygen atoms in total. The minimum Gasteiger partial charge on any atom is -0.468 e. The van der Waals surface area contributed by atoms with Crippen molar-refractivity contribution in [2.75, 3.05) is 13.4 Å². The standard InChI is InChI=1S/C16H16N2O2S/c1-20-15(19)16(13-7-14(21-2)18-10-17-13)8-11-5-3-4-6-12(11)9-16/h3-7,10H,8-9H2,1-2H3. The van der Waals surface area contributed by atoms with Gasteiger partial charge in [0.15, 0.2) is 0 Å². The molecule has 21 heavy (non-hydrogen) atoms. The predicted octanol–water partition coefficient (Wildman–Crippen LogP) is 2.41. The maximum absolute atomic E-state index is 12.5. The number of hydrogen-bond acceptors (Lipinski definition) is 5. The van der Waals surface area contributed by atoms with E-state index in [2.05, 4.69) is 22.1 Å². The van der Waals surface area contributed by atoms with Crippen molar-refractivity contribution in [1.82, 2.24) is 9.97 Å². The molecule has 0 radical (unpaired) electrons. The van der Waals surface area contributed by atoms with E-state index in [1.165, 1.54) is 24.6 Å². The van der Waals surface area contributed by atoms with Gasteiger partial charge < -0.3 is 4.74 Å². The molecule has 1 aliphatic carbocycles. The molecule has 5 heteroatoms. The van der Waals surface area contributed by atoms with E-state index in [0.29, 0.717) is 12.8 Å². The van der Waals surface area contributed by atoms with Gasteiger partial charge in [-0.3, -0.25) is 4.79 Å². The van der Waals surface area contributed by atoms with Crippen molar-refractivity contribution in [3.63, 3.8) is 0 Å². The van der Waals surface area contributed by atoms with E-state index in [1.807, 2.05) is 24.5 Å². The molecule has 0 unspecified atom stereocenters. The van der Waals surface area contributed by atoms with Crippen molar-refractivity contribution >= 4 is 17.7 Å². The molecule has 3 rings (SSSR count). The second-order valence-corrected chi connectivity index (χ2v) is 5.97.